The monoisotopic (exact) mass is 342 g/mol. The summed E-state index contributed by atoms with van der Waals surface area (Å²) in [5.74, 6) is 2.11. The van der Waals surface area contributed by atoms with E-state index >= 15 is 0 Å². The summed E-state index contributed by atoms with van der Waals surface area (Å²) < 4.78 is 11.0. The highest BCUT2D eigenvalue weighted by Crippen LogP contribution is 2.33. The largest absolute Gasteiger partial charge is 0.462 e. The summed E-state index contributed by atoms with van der Waals surface area (Å²) in [6.45, 7) is 0.841. The lowest BCUT2D eigenvalue weighted by atomic mass is 10.2. The van der Waals surface area contributed by atoms with Crippen molar-refractivity contribution in [1.82, 2.24) is 20.0 Å². The summed E-state index contributed by atoms with van der Waals surface area (Å²) in [4.78, 5) is 10.7. The number of nitrogens with zero attached hydrogens (tertiary/aromatic N) is 4. The minimum absolute atomic E-state index is 0.136. The average Bonchev–Trinajstić information content (AvgIpc) is 3.36. The van der Waals surface area contributed by atoms with Crippen LogP contribution in [0.3, 0.4) is 0 Å². The van der Waals surface area contributed by atoms with Crippen molar-refractivity contribution in [3.63, 3.8) is 0 Å². The molecule has 3 aromatic rings. The Balaban J connectivity index is 1.54. The zero-order valence-electron chi connectivity index (χ0n) is 13.4. The predicted octanol–water partition coefficient (Wildman–Crippen LogP) is 1.52. The van der Waals surface area contributed by atoms with Crippen LogP contribution in [0.5, 0.6) is 0 Å². The van der Waals surface area contributed by atoms with Crippen molar-refractivity contribution in [1.29, 1.82) is 0 Å². The zero-order chi connectivity index (χ0) is 17.2. The molecule has 2 unspecified atom stereocenters. The van der Waals surface area contributed by atoms with E-state index in [2.05, 4.69) is 15.1 Å². The molecule has 8 nitrogen and oxygen atoms in total. The predicted molar refractivity (Wildman–Crippen MR) is 85.9 cm³/mol. The number of rotatable bonds is 5. The number of aliphatic hydroxyl groups is 2. The first-order chi connectivity index (χ1) is 12.2. The Morgan fingerprint density at radius 2 is 2.08 bits per heavy atom. The Hall–Kier alpha value is -2.55. The summed E-state index contributed by atoms with van der Waals surface area (Å²) in [5, 5.41) is 23.2. The molecule has 2 N–H and O–H groups in total. The molecule has 1 fully saturated rings. The number of hydrogen-bond acceptors (Lipinski definition) is 8. The van der Waals surface area contributed by atoms with Crippen LogP contribution >= 0.6 is 0 Å². The van der Waals surface area contributed by atoms with E-state index in [1.54, 1.807) is 12.3 Å². The first-order valence-electron chi connectivity index (χ1n) is 8.08. The minimum Gasteiger partial charge on any atom is -0.462 e. The number of hydrogen-bond donors (Lipinski definition) is 2. The van der Waals surface area contributed by atoms with Crippen LogP contribution in [0, 0.1) is 0 Å². The van der Waals surface area contributed by atoms with Gasteiger partial charge in [0.1, 0.15) is 23.8 Å². The lowest BCUT2D eigenvalue weighted by Gasteiger charge is -2.19. The molecule has 0 amide bonds. The summed E-state index contributed by atoms with van der Waals surface area (Å²) in [7, 11) is 0. The molecule has 2 atom stereocenters. The molecule has 0 saturated carbocycles. The second-order valence-corrected chi connectivity index (χ2v) is 6.03. The summed E-state index contributed by atoms with van der Waals surface area (Å²) in [5.41, 5.74) is 0.640. The normalized spacial score (nSPS) is 21.0. The molecule has 130 valence electrons. The number of β-amino-alcohol motifs (C(OH)–C–C–N with tert-alkyl or cyclic N) is 1. The van der Waals surface area contributed by atoms with E-state index < -0.39 is 6.10 Å². The number of likely N-dealkylation sites (tertiary alicyclic amines) is 1. The van der Waals surface area contributed by atoms with E-state index in [0.717, 1.165) is 0 Å². The summed E-state index contributed by atoms with van der Waals surface area (Å²) in [6, 6.07) is 8.87. The topological polar surface area (TPSA) is 109 Å². The number of furan rings is 1. The quantitative estimate of drug-likeness (QED) is 0.718. The van der Waals surface area contributed by atoms with Crippen molar-refractivity contribution < 1.29 is 19.2 Å². The Kier molecular flexibility index (Phi) is 4.31. The summed E-state index contributed by atoms with van der Waals surface area (Å²) >= 11 is 0. The first kappa shape index (κ1) is 15.9. The van der Waals surface area contributed by atoms with Gasteiger partial charge in [0.15, 0.2) is 0 Å². The molecule has 1 aliphatic heterocycles. The molecule has 25 heavy (non-hydrogen) atoms. The molecule has 1 saturated heterocycles. The highest BCUT2D eigenvalue weighted by Gasteiger charge is 2.36. The molecule has 0 aromatic carbocycles. The van der Waals surface area contributed by atoms with Gasteiger partial charge in [0.2, 0.25) is 11.7 Å². The van der Waals surface area contributed by atoms with Crippen LogP contribution in [0.1, 0.15) is 29.9 Å². The molecular formula is C17H18N4O4. The second kappa shape index (κ2) is 6.75. The Labute approximate surface area is 143 Å². The summed E-state index contributed by atoms with van der Waals surface area (Å²) in [6.07, 6.45) is 1.71. The molecular weight excluding hydrogens is 324 g/mol. The third-order valence-corrected chi connectivity index (χ3v) is 4.23. The Morgan fingerprint density at radius 1 is 1.20 bits per heavy atom. The van der Waals surface area contributed by atoms with Crippen molar-refractivity contribution in [3.05, 3.63) is 53.9 Å². The van der Waals surface area contributed by atoms with Gasteiger partial charge >= 0.3 is 0 Å². The number of aliphatic hydroxyl groups excluding tert-OH is 2. The Morgan fingerprint density at radius 3 is 2.84 bits per heavy atom. The Bertz CT molecular complexity index is 832. The van der Waals surface area contributed by atoms with E-state index in [1.165, 1.54) is 0 Å². The van der Waals surface area contributed by atoms with Crippen molar-refractivity contribution >= 4 is 0 Å². The fourth-order valence-corrected chi connectivity index (χ4v) is 3.07. The highest BCUT2D eigenvalue weighted by molar-refractivity contribution is 5.47. The van der Waals surface area contributed by atoms with E-state index in [4.69, 9.17) is 14.0 Å². The van der Waals surface area contributed by atoms with Crippen LogP contribution in [0.25, 0.3) is 11.5 Å². The highest BCUT2D eigenvalue weighted by atomic mass is 16.5. The van der Waals surface area contributed by atoms with Crippen LogP contribution in [0.2, 0.25) is 0 Å². The maximum atomic E-state index is 10.1. The van der Waals surface area contributed by atoms with Crippen LogP contribution in [-0.2, 0) is 13.2 Å². The third kappa shape index (κ3) is 3.32. The standard InChI is InChI=1S/C17H18N4O4/c22-10-13-5-4-12(24-13)9-21-8-11(23)7-15(21)17-19-16(20-25-17)14-3-1-2-6-18-14/h1-6,11,15,22-23H,7-10H2. The maximum Gasteiger partial charge on any atom is 0.244 e. The molecule has 3 aromatic heterocycles. The van der Waals surface area contributed by atoms with Crippen molar-refractivity contribution in [2.45, 2.75) is 31.7 Å². The fourth-order valence-electron chi connectivity index (χ4n) is 3.07. The van der Waals surface area contributed by atoms with Crippen molar-refractivity contribution in [3.8, 4) is 11.5 Å². The smallest absolute Gasteiger partial charge is 0.244 e. The van der Waals surface area contributed by atoms with E-state index in [0.29, 0.717) is 48.4 Å². The average molecular weight is 342 g/mol. The molecule has 0 radical (unpaired) electrons. The molecule has 0 aliphatic carbocycles. The first-order valence-corrected chi connectivity index (χ1v) is 8.08. The van der Waals surface area contributed by atoms with Gasteiger partial charge in [0, 0.05) is 12.7 Å². The molecule has 4 heterocycles. The molecule has 1 aliphatic rings. The van der Waals surface area contributed by atoms with Gasteiger partial charge < -0.3 is 19.2 Å². The SMILES string of the molecule is OCc1ccc(CN2CC(O)CC2c2nc(-c3ccccn3)no2)o1. The number of pyridine rings is 1. The molecule has 8 heteroatoms. The third-order valence-electron chi connectivity index (χ3n) is 4.23. The van der Waals surface area contributed by atoms with E-state index in [1.807, 2.05) is 29.2 Å². The van der Waals surface area contributed by atoms with Gasteiger partial charge in [-0.3, -0.25) is 9.88 Å². The molecule has 0 spiro atoms. The molecule has 0 bridgehead atoms. The second-order valence-electron chi connectivity index (χ2n) is 6.03. The molecule has 4 rings (SSSR count). The fraction of sp³-hybridized carbons (Fsp3) is 0.353. The lowest BCUT2D eigenvalue weighted by Crippen LogP contribution is -2.24. The van der Waals surface area contributed by atoms with Gasteiger partial charge in [-0.25, -0.2) is 0 Å². The number of aromatic nitrogens is 3. The van der Waals surface area contributed by atoms with Gasteiger partial charge in [-0.1, -0.05) is 11.2 Å². The van der Waals surface area contributed by atoms with Crippen LogP contribution in [0.4, 0.5) is 0 Å². The van der Waals surface area contributed by atoms with Gasteiger partial charge in [-0.2, -0.15) is 4.98 Å². The lowest BCUT2D eigenvalue weighted by molar-refractivity contribution is 0.160. The maximum absolute atomic E-state index is 10.1. The van der Waals surface area contributed by atoms with Crippen LogP contribution in [-0.4, -0.2) is 42.9 Å². The minimum atomic E-state index is -0.470. The van der Waals surface area contributed by atoms with Gasteiger partial charge in [-0.05, 0) is 30.7 Å². The van der Waals surface area contributed by atoms with Crippen molar-refractivity contribution in [2.75, 3.05) is 6.54 Å². The zero-order valence-corrected chi connectivity index (χ0v) is 13.4. The van der Waals surface area contributed by atoms with E-state index in [9.17, 15) is 5.11 Å². The van der Waals surface area contributed by atoms with Crippen LogP contribution in [0.15, 0.2) is 45.5 Å². The van der Waals surface area contributed by atoms with Gasteiger partial charge in [-0.15, -0.1) is 0 Å². The van der Waals surface area contributed by atoms with Gasteiger partial charge in [0.05, 0.1) is 18.7 Å². The van der Waals surface area contributed by atoms with Gasteiger partial charge in [0.25, 0.3) is 0 Å². The van der Waals surface area contributed by atoms with Crippen LogP contribution < -0.4 is 0 Å². The van der Waals surface area contributed by atoms with E-state index in [-0.39, 0.29) is 12.6 Å². The van der Waals surface area contributed by atoms with Crippen molar-refractivity contribution in [2.24, 2.45) is 0 Å².